The first-order valence-corrected chi connectivity index (χ1v) is 22.1. The van der Waals surface area contributed by atoms with Crippen LogP contribution in [0.5, 0.6) is 0 Å². The number of fused-ring (bicyclic) bond motifs is 7. The molecule has 0 bridgehead atoms. The largest absolute Gasteiger partial charge is 0.341 e. The maximum absolute atomic E-state index is 4.19. The van der Waals surface area contributed by atoms with Gasteiger partial charge in [-0.05, 0) is 105 Å². The summed E-state index contributed by atoms with van der Waals surface area (Å²) in [4.78, 5) is 2.58. The first-order chi connectivity index (χ1) is 30.2. The summed E-state index contributed by atoms with van der Waals surface area (Å²) in [5.74, 6) is 0.767. The molecule has 2 nitrogen and oxygen atoms in total. The lowest BCUT2D eigenvalue weighted by atomic mass is 9.71. The van der Waals surface area contributed by atoms with Crippen LogP contribution >= 0.6 is 0 Å². The molecule has 1 saturated carbocycles. The standard InChI is InChI=1S/C57H46N2.C2H6/c1-2-18-53-49-28-12-11-27-48(49)50-29-13-15-31-54(50)57(53)37-43(57)39-58(44-23-7-4-8-24-44)45-33-34-52-51-30-14-16-32-55(51)59(56(52)36-45)38-40-19-17-22-42(35-40)47-26-10-9-25-46(47)41-20-5-3-6-21-41;1-2/h2-18,20-36,40,43H,1,19,37-39H2;1-2H3/b53-18-;. The number of para-hydroxylation sites is 2. The molecule has 11 rings (SSSR count). The Morgan fingerprint density at radius 3 is 2.05 bits per heavy atom. The molecule has 3 atom stereocenters. The summed E-state index contributed by atoms with van der Waals surface area (Å²) in [6, 6.07) is 64.8. The molecule has 0 radical (unpaired) electrons. The van der Waals surface area contributed by atoms with E-state index >= 15 is 0 Å². The predicted octanol–water partition coefficient (Wildman–Crippen LogP) is 15.5. The van der Waals surface area contributed by atoms with Gasteiger partial charge in [0.2, 0.25) is 0 Å². The number of anilines is 2. The van der Waals surface area contributed by atoms with Gasteiger partial charge in [-0.3, -0.25) is 0 Å². The average molecular weight is 789 g/mol. The average Bonchev–Trinajstić information content (AvgIpc) is 3.97. The van der Waals surface area contributed by atoms with E-state index in [1.165, 1.54) is 83.3 Å². The molecule has 3 aliphatic carbocycles. The van der Waals surface area contributed by atoms with Crippen molar-refractivity contribution in [3.8, 4) is 22.3 Å². The first kappa shape index (κ1) is 38.3. The summed E-state index contributed by atoms with van der Waals surface area (Å²) in [5.41, 5.74) is 16.9. The summed E-state index contributed by atoms with van der Waals surface area (Å²) in [5, 5.41) is 2.61. The van der Waals surface area contributed by atoms with Crippen molar-refractivity contribution in [3.63, 3.8) is 0 Å². The highest BCUT2D eigenvalue weighted by Crippen LogP contribution is 2.67. The van der Waals surface area contributed by atoms with Crippen LogP contribution in [-0.4, -0.2) is 11.1 Å². The van der Waals surface area contributed by atoms with Crippen molar-refractivity contribution in [2.24, 2.45) is 11.8 Å². The smallest absolute Gasteiger partial charge is 0.0512 e. The molecule has 8 aromatic rings. The highest BCUT2D eigenvalue weighted by Gasteiger charge is 2.60. The minimum absolute atomic E-state index is 0.0666. The normalized spacial score (nSPS) is 19.2. The van der Waals surface area contributed by atoms with Crippen molar-refractivity contribution < 1.29 is 0 Å². The molecule has 0 amide bonds. The maximum Gasteiger partial charge on any atom is 0.0512 e. The van der Waals surface area contributed by atoms with Crippen molar-refractivity contribution in [2.75, 3.05) is 11.4 Å². The van der Waals surface area contributed by atoms with E-state index in [-0.39, 0.29) is 5.41 Å². The molecule has 0 saturated heterocycles. The Bertz CT molecular complexity index is 2980. The van der Waals surface area contributed by atoms with Crippen LogP contribution in [0, 0.1) is 11.8 Å². The quantitative estimate of drug-likeness (QED) is 0.141. The first-order valence-electron chi connectivity index (χ1n) is 22.1. The third-order valence-corrected chi connectivity index (χ3v) is 13.2. The molecule has 3 aliphatic rings. The molecule has 3 unspecified atom stereocenters. The summed E-state index contributed by atoms with van der Waals surface area (Å²) in [6.45, 7) is 10.00. The van der Waals surface area contributed by atoms with Gasteiger partial charge in [0.05, 0.1) is 5.52 Å². The molecule has 298 valence electrons. The number of aromatic nitrogens is 1. The summed E-state index contributed by atoms with van der Waals surface area (Å²) >= 11 is 0. The monoisotopic (exact) mass is 788 g/mol. The fraction of sp³-hybridized carbons (Fsp3) is 0.153. The lowest BCUT2D eigenvalue weighted by Crippen LogP contribution is -2.26. The number of allylic oxidation sites excluding steroid dienone is 7. The fourth-order valence-electron chi connectivity index (χ4n) is 10.5. The van der Waals surface area contributed by atoms with Crippen LogP contribution < -0.4 is 4.90 Å². The van der Waals surface area contributed by atoms with Crippen molar-refractivity contribution in [1.29, 1.82) is 0 Å². The van der Waals surface area contributed by atoms with Crippen molar-refractivity contribution in [1.82, 2.24) is 4.57 Å². The third-order valence-electron chi connectivity index (χ3n) is 13.2. The molecule has 1 aromatic heterocycles. The molecule has 0 aliphatic heterocycles. The van der Waals surface area contributed by atoms with Gasteiger partial charge >= 0.3 is 0 Å². The van der Waals surface area contributed by atoms with Crippen LogP contribution in [-0.2, 0) is 12.0 Å². The van der Waals surface area contributed by atoms with Crippen LogP contribution in [0.25, 0.3) is 55.2 Å². The van der Waals surface area contributed by atoms with E-state index in [4.69, 9.17) is 0 Å². The van der Waals surface area contributed by atoms with E-state index in [2.05, 4.69) is 216 Å². The highest BCUT2D eigenvalue weighted by molar-refractivity contribution is 6.09. The number of nitrogens with zero attached hydrogens (tertiary/aromatic N) is 2. The van der Waals surface area contributed by atoms with Gasteiger partial charge in [0, 0.05) is 46.2 Å². The van der Waals surface area contributed by atoms with Gasteiger partial charge in [-0.25, -0.2) is 0 Å². The molecule has 1 heterocycles. The number of benzene rings is 7. The molecule has 61 heavy (non-hydrogen) atoms. The summed E-state index contributed by atoms with van der Waals surface area (Å²) < 4.78 is 2.59. The molecular weight excluding hydrogens is 737 g/mol. The second-order valence-electron chi connectivity index (χ2n) is 16.5. The van der Waals surface area contributed by atoms with Gasteiger partial charge < -0.3 is 9.47 Å². The van der Waals surface area contributed by atoms with E-state index in [0.29, 0.717) is 11.8 Å². The van der Waals surface area contributed by atoms with Gasteiger partial charge in [-0.15, -0.1) is 0 Å². The zero-order chi connectivity index (χ0) is 41.3. The van der Waals surface area contributed by atoms with Crippen LogP contribution in [0.2, 0.25) is 0 Å². The Morgan fingerprint density at radius 2 is 1.26 bits per heavy atom. The number of hydrogen-bond donors (Lipinski definition) is 0. The summed E-state index contributed by atoms with van der Waals surface area (Å²) in [6.07, 6.45) is 13.6. The van der Waals surface area contributed by atoms with Gasteiger partial charge in [-0.1, -0.05) is 196 Å². The Hall–Kier alpha value is -6.90. The van der Waals surface area contributed by atoms with Gasteiger partial charge in [0.15, 0.2) is 0 Å². The van der Waals surface area contributed by atoms with Gasteiger partial charge in [-0.2, -0.15) is 0 Å². The molecule has 7 aromatic carbocycles. The van der Waals surface area contributed by atoms with E-state index < -0.39 is 0 Å². The Morgan fingerprint density at radius 1 is 0.623 bits per heavy atom. The molecule has 2 heteroatoms. The minimum Gasteiger partial charge on any atom is -0.341 e. The van der Waals surface area contributed by atoms with Crippen molar-refractivity contribution >= 4 is 44.3 Å². The topological polar surface area (TPSA) is 8.17 Å². The Labute approximate surface area is 361 Å². The van der Waals surface area contributed by atoms with E-state index in [0.717, 1.165) is 25.9 Å². The molecular formula is C59H52N2. The van der Waals surface area contributed by atoms with Crippen molar-refractivity contribution in [3.05, 3.63) is 230 Å². The number of hydrogen-bond acceptors (Lipinski definition) is 1. The zero-order valence-corrected chi connectivity index (χ0v) is 35.2. The number of rotatable bonds is 9. The van der Waals surface area contributed by atoms with E-state index in [1.807, 2.05) is 19.9 Å². The van der Waals surface area contributed by atoms with Gasteiger partial charge in [0.25, 0.3) is 0 Å². The maximum atomic E-state index is 4.19. The van der Waals surface area contributed by atoms with Crippen LogP contribution in [0.4, 0.5) is 11.4 Å². The predicted molar refractivity (Wildman–Crippen MR) is 261 cm³/mol. The fourth-order valence-corrected chi connectivity index (χ4v) is 10.5. The zero-order valence-electron chi connectivity index (χ0n) is 35.2. The van der Waals surface area contributed by atoms with Gasteiger partial charge in [0.1, 0.15) is 0 Å². The molecule has 0 N–H and O–H groups in total. The van der Waals surface area contributed by atoms with Crippen LogP contribution in [0.1, 0.15) is 43.4 Å². The molecule has 1 spiro atoms. The van der Waals surface area contributed by atoms with E-state index in [9.17, 15) is 0 Å². The Balaban J connectivity index is 0.00000220. The van der Waals surface area contributed by atoms with E-state index in [1.54, 1.807) is 0 Å². The van der Waals surface area contributed by atoms with Crippen molar-refractivity contribution in [2.45, 2.75) is 38.6 Å². The minimum atomic E-state index is -0.0666. The van der Waals surface area contributed by atoms with Crippen LogP contribution in [0.3, 0.4) is 0 Å². The lowest BCUT2D eigenvalue weighted by molar-refractivity contribution is 0.555. The summed E-state index contributed by atoms with van der Waals surface area (Å²) in [7, 11) is 0. The Kier molecular flexibility index (Phi) is 10.2. The SMILES string of the molecule is C=C/C=C1/c2ccccc2-c2ccccc2C12CC2CN(c1ccccc1)c1ccc2c3ccccc3n(CC3C=C(c4ccccc4-c4ccccc4)C=CC3)c2c1.CC. The lowest BCUT2D eigenvalue weighted by Gasteiger charge is -2.34. The second-order valence-corrected chi connectivity index (χ2v) is 16.5. The van der Waals surface area contributed by atoms with Crippen LogP contribution in [0.15, 0.2) is 213 Å². The molecule has 1 fully saturated rings. The second kappa shape index (κ2) is 16.3. The third kappa shape index (κ3) is 6.68. The highest BCUT2D eigenvalue weighted by atomic mass is 15.1.